The number of esters is 1. The lowest BCUT2D eigenvalue weighted by Crippen LogP contribution is -2.72. The van der Waals surface area contributed by atoms with Crippen molar-refractivity contribution in [3.8, 4) is 5.75 Å². The number of hydrogen-bond acceptors (Lipinski definition) is 8. The van der Waals surface area contributed by atoms with E-state index >= 15 is 0 Å². The molecule has 0 aliphatic carbocycles. The maximum atomic E-state index is 12.5. The lowest BCUT2D eigenvalue weighted by atomic mass is 10.1. The second kappa shape index (κ2) is 10.0. The highest BCUT2D eigenvalue weighted by molar-refractivity contribution is 8.01. The molecular weight excluding hydrogens is 452 g/mol. The number of carbonyl (C=O) groups is 5. The summed E-state index contributed by atoms with van der Waals surface area (Å²) in [7, 11) is 0. The molecule has 2 aliphatic heterocycles. The number of likely N-dealkylation sites (tertiary alicyclic amines) is 1. The minimum Gasteiger partial charge on any atom is -0.484 e. The molecule has 10 nitrogen and oxygen atoms in total. The summed E-state index contributed by atoms with van der Waals surface area (Å²) in [5.41, 5.74) is -1.68. The third kappa shape index (κ3) is 5.28. The molecular formula is C19H19ClN2O8S. The zero-order valence-electron chi connectivity index (χ0n) is 16.0. The second-order valence-electron chi connectivity index (χ2n) is 6.76. The van der Waals surface area contributed by atoms with Gasteiger partial charge in [0.25, 0.3) is 11.8 Å². The fourth-order valence-electron chi connectivity index (χ4n) is 3.15. The van der Waals surface area contributed by atoms with Crippen LogP contribution < -0.4 is 10.1 Å². The average Bonchev–Trinajstić information content (AvgIpc) is 3.19. The van der Waals surface area contributed by atoms with Crippen molar-refractivity contribution in [2.24, 2.45) is 0 Å². The number of rotatable bonds is 10. The Hall–Kier alpha value is -2.79. The number of hydrogen-bond donors (Lipinski definition) is 2. The van der Waals surface area contributed by atoms with E-state index in [9.17, 15) is 29.1 Å². The smallest absolute Gasteiger partial charge is 0.342 e. The molecule has 1 aromatic carbocycles. The molecule has 3 rings (SSSR count). The van der Waals surface area contributed by atoms with Crippen molar-refractivity contribution in [2.45, 2.75) is 41.1 Å². The number of carboxylic acids is 1. The number of carboxylic acid groups (broad SMARTS) is 1. The Labute approximate surface area is 186 Å². The van der Waals surface area contributed by atoms with Crippen molar-refractivity contribution >= 4 is 53.4 Å². The molecule has 2 aliphatic rings. The van der Waals surface area contributed by atoms with Gasteiger partial charge in [-0.2, -0.15) is 0 Å². The first-order chi connectivity index (χ1) is 14.8. The number of alkyl halides is 1. The van der Waals surface area contributed by atoms with Gasteiger partial charge in [-0.3, -0.25) is 19.3 Å². The molecule has 2 saturated heterocycles. The predicted molar refractivity (Wildman–Crippen MR) is 108 cm³/mol. The topological polar surface area (TPSA) is 139 Å². The monoisotopic (exact) mass is 470 g/mol. The van der Waals surface area contributed by atoms with Crippen LogP contribution in [0.3, 0.4) is 0 Å². The fraction of sp³-hybridized carbons (Fsp3) is 0.421. The molecule has 1 aromatic rings. The zero-order chi connectivity index (χ0) is 22.5. The van der Waals surface area contributed by atoms with Crippen LogP contribution in [-0.2, 0) is 28.7 Å². The van der Waals surface area contributed by atoms with Crippen molar-refractivity contribution in [3.63, 3.8) is 0 Å². The molecule has 12 heteroatoms. The van der Waals surface area contributed by atoms with Gasteiger partial charge < -0.3 is 24.7 Å². The summed E-state index contributed by atoms with van der Waals surface area (Å²) in [5.74, 6) is -2.75. The van der Waals surface area contributed by atoms with Gasteiger partial charge in [0.2, 0.25) is 5.50 Å². The highest BCUT2D eigenvalue weighted by Gasteiger charge is 2.54. The highest BCUT2D eigenvalue weighted by atomic mass is 35.5. The van der Waals surface area contributed by atoms with E-state index in [0.29, 0.717) is 18.5 Å². The number of ether oxygens (including phenoxy) is 2. The van der Waals surface area contributed by atoms with E-state index in [4.69, 9.17) is 21.1 Å². The van der Waals surface area contributed by atoms with Gasteiger partial charge in [0.05, 0.1) is 5.25 Å². The maximum Gasteiger partial charge on any atom is 0.342 e. The molecule has 5 atom stereocenters. The summed E-state index contributed by atoms with van der Waals surface area (Å²) in [5, 5.41) is 9.88. The fourth-order valence-corrected chi connectivity index (χ4v) is 4.89. The average molecular weight is 471 g/mol. The number of cyclic esters (lactones) is 1. The lowest BCUT2D eigenvalue weighted by molar-refractivity contribution is -0.157. The molecule has 2 N–H and O–H groups in total. The maximum absolute atomic E-state index is 12.5. The van der Waals surface area contributed by atoms with E-state index in [-0.39, 0.29) is 13.0 Å². The first-order valence-electron chi connectivity index (χ1n) is 9.28. The normalized spacial score (nSPS) is 24.5. The summed E-state index contributed by atoms with van der Waals surface area (Å²) >= 11 is 6.75. The molecule has 2 fully saturated rings. The van der Waals surface area contributed by atoms with Crippen LogP contribution in [0.15, 0.2) is 30.3 Å². The number of benzene rings is 1. The minimum atomic E-state index is -1.68. The van der Waals surface area contributed by atoms with Gasteiger partial charge >= 0.3 is 11.9 Å². The summed E-state index contributed by atoms with van der Waals surface area (Å²) in [4.78, 5) is 59.9. The molecule has 166 valence electrons. The number of thioether (sulfide) groups is 1. The molecule has 0 spiro atoms. The lowest BCUT2D eigenvalue weighted by Gasteiger charge is -2.48. The second-order valence-corrected chi connectivity index (χ2v) is 8.47. The van der Waals surface area contributed by atoms with Crippen LogP contribution >= 0.6 is 23.4 Å². The Balaban J connectivity index is 1.67. The molecule has 3 unspecified atom stereocenters. The van der Waals surface area contributed by atoms with Crippen LogP contribution in [0.25, 0.3) is 0 Å². The van der Waals surface area contributed by atoms with Gasteiger partial charge in [-0.15, -0.1) is 11.8 Å². The van der Waals surface area contributed by atoms with Crippen LogP contribution in [0.1, 0.15) is 12.8 Å². The first-order valence-corrected chi connectivity index (χ1v) is 10.7. The zero-order valence-corrected chi connectivity index (χ0v) is 17.6. The summed E-state index contributed by atoms with van der Waals surface area (Å²) in [6.07, 6.45) is 0.341. The van der Waals surface area contributed by atoms with Crippen molar-refractivity contribution in [3.05, 3.63) is 30.3 Å². The summed E-state index contributed by atoms with van der Waals surface area (Å²) in [6, 6.07) is 7.45. The quantitative estimate of drug-likeness (QED) is 0.163. The van der Waals surface area contributed by atoms with Crippen LogP contribution in [-0.4, -0.2) is 74.9 Å². The predicted octanol–water partition coefficient (Wildman–Crippen LogP) is 0.374. The van der Waals surface area contributed by atoms with Gasteiger partial charge in [-0.05, 0) is 18.6 Å². The molecule has 0 radical (unpaired) electrons. The van der Waals surface area contributed by atoms with Crippen molar-refractivity contribution in [1.29, 1.82) is 0 Å². The number of nitrogens with zero attached hydrogens (tertiary/aromatic N) is 1. The van der Waals surface area contributed by atoms with Crippen LogP contribution in [0, 0.1) is 0 Å². The Morgan fingerprint density at radius 3 is 2.65 bits per heavy atom. The van der Waals surface area contributed by atoms with Crippen molar-refractivity contribution in [2.75, 3.05) is 6.61 Å². The molecule has 0 aromatic heterocycles. The largest absolute Gasteiger partial charge is 0.484 e. The van der Waals surface area contributed by atoms with Crippen molar-refractivity contribution < 1.29 is 38.6 Å². The van der Waals surface area contributed by atoms with Crippen LogP contribution in [0.4, 0.5) is 0 Å². The first kappa shape index (κ1) is 22.9. The van der Waals surface area contributed by atoms with Gasteiger partial charge in [0.15, 0.2) is 6.61 Å². The third-order valence-electron chi connectivity index (χ3n) is 4.67. The number of para-hydroxylation sites is 1. The van der Waals surface area contributed by atoms with Crippen LogP contribution in [0.5, 0.6) is 5.75 Å². The Morgan fingerprint density at radius 2 is 2.06 bits per heavy atom. The molecule has 0 bridgehead atoms. The molecule has 0 saturated carbocycles. The SMILES string of the molecule is O=CC(SC1C(NC(=O)COc2ccccc2)C(=O)N1[C@@H](Cl)C(=O)O)[C@@H]1CCC(=O)O1. The Morgan fingerprint density at radius 1 is 1.35 bits per heavy atom. The van der Waals surface area contributed by atoms with Crippen molar-refractivity contribution in [1.82, 2.24) is 10.2 Å². The molecule has 2 amide bonds. The van der Waals surface area contributed by atoms with E-state index in [2.05, 4.69) is 5.32 Å². The van der Waals surface area contributed by atoms with Gasteiger partial charge in [0, 0.05) is 6.42 Å². The standard InChI is InChI=1S/C19H19ClN2O8S/c20-16(19(27)28)22-17(26)15(21-13(24)9-29-10-4-2-1-3-5-10)18(22)31-12(8-23)11-6-7-14(25)30-11/h1-5,8,11-12,15-16,18H,6-7,9H2,(H,21,24)(H,27,28)/t11-,12?,15?,16+,18?/m0/s1. The number of carbonyl (C=O) groups excluding carboxylic acids is 4. The Bertz CT molecular complexity index is 870. The third-order valence-corrected chi connectivity index (χ3v) is 6.57. The van der Waals surface area contributed by atoms with Gasteiger partial charge in [-0.1, -0.05) is 29.8 Å². The van der Waals surface area contributed by atoms with Gasteiger partial charge in [0.1, 0.15) is 29.6 Å². The van der Waals surface area contributed by atoms with E-state index in [0.717, 1.165) is 16.7 Å². The number of aldehydes is 1. The van der Waals surface area contributed by atoms with Gasteiger partial charge in [-0.25, -0.2) is 4.79 Å². The molecule has 31 heavy (non-hydrogen) atoms. The number of amides is 2. The summed E-state index contributed by atoms with van der Waals surface area (Å²) < 4.78 is 10.4. The van der Waals surface area contributed by atoms with E-state index in [1.807, 2.05) is 0 Å². The van der Waals surface area contributed by atoms with E-state index < -0.39 is 52.0 Å². The Kier molecular flexibility index (Phi) is 7.39. The highest BCUT2D eigenvalue weighted by Crippen LogP contribution is 2.38. The van der Waals surface area contributed by atoms with E-state index in [1.165, 1.54) is 0 Å². The number of nitrogens with one attached hydrogen (secondary N) is 1. The van der Waals surface area contributed by atoms with E-state index in [1.54, 1.807) is 30.3 Å². The number of β-lactam (4-membered cyclic amide) rings is 1. The minimum absolute atomic E-state index is 0.160. The summed E-state index contributed by atoms with van der Waals surface area (Å²) in [6.45, 7) is -0.369. The van der Waals surface area contributed by atoms with Crippen LogP contribution in [0.2, 0.25) is 0 Å². The number of aliphatic carboxylic acids is 1. The molecule has 2 heterocycles. The number of halogens is 1.